The van der Waals surface area contributed by atoms with Gasteiger partial charge in [-0.2, -0.15) is 0 Å². The van der Waals surface area contributed by atoms with Crippen LogP contribution < -0.4 is 15.2 Å². The van der Waals surface area contributed by atoms with Gasteiger partial charge >= 0.3 is 0 Å². The van der Waals surface area contributed by atoms with Gasteiger partial charge < -0.3 is 20.1 Å². The Morgan fingerprint density at radius 2 is 2.10 bits per heavy atom. The van der Waals surface area contributed by atoms with Crippen LogP contribution in [-0.2, 0) is 11.2 Å². The maximum Gasteiger partial charge on any atom is 0.260 e. The second-order valence-electron chi connectivity index (χ2n) is 4.90. The van der Waals surface area contributed by atoms with Gasteiger partial charge in [-0.3, -0.25) is 4.79 Å². The maximum absolute atomic E-state index is 11.9. The molecule has 5 heteroatoms. The number of nitrogens with zero attached hydrogens (tertiary/aromatic N) is 1. The zero-order chi connectivity index (χ0) is 15.1. The van der Waals surface area contributed by atoms with E-state index in [4.69, 9.17) is 15.2 Å². The summed E-state index contributed by atoms with van der Waals surface area (Å²) < 4.78 is 10.8. The summed E-state index contributed by atoms with van der Waals surface area (Å²) in [6.07, 6.45) is 0.681. The lowest BCUT2D eigenvalue weighted by Crippen LogP contribution is -2.36. The average Bonchev–Trinajstić information content (AvgIpc) is 2.44. The van der Waals surface area contributed by atoms with Crippen LogP contribution in [-0.4, -0.2) is 44.2 Å². The predicted molar refractivity (Wildman–Crippen MR) is 79.2 cm³/mol. The topological polar surface area (TPSA) is 64.8 Å². The second kappa shape index (κ2) is 7.75. The van der Waals surface area contributed by atoms with Crippen molar-refractivity contribution in [3.8, 4) is 11.5 Å². The number of ether oxygens (including phenoxy) is 2. The number of carbonyl (C=O) groups excluding carboxylic acids is 1. The quantitative estimate of drug-likeness (QED) is 0.821. The van der Waals surface area contributed by atoms with E-state index in [1.807, 2.05) is 32.0 Å². The third-order valence-corrected chi connectivity index (χ3v) is 3.20. The molecule has 0 aliphatic carbocycles. The molecule has 1 aromatic rings. The Balaban J connectivity index is 2.74. The number of nitrogens with two attached hydrogens (primary N) is 1. The Kier molecular flexibility index (Phi) is 6.31. The number of rotatable bonds is 7. The first-order valence-corrected chi connectivity index (χ1v) is 6.75. The number of methoxy groups -OCH3 is 1. The van der Waals surface area contributed by atoms with E-state index in [2.05, 4.69) is 0 Å². The van der Waals surface area contributed by atoms with Crippen molar-refractivity contribution in [1.29, 1.82) is 0 Å². The summed E-state index contributed by atoms with van der Waals surface area (Å²) in [6.45, 7) is 4.47. The molecule has 20 heavy (non-hydrogen) atoms. The molecule has 1 aromatic carbocycles. The first kappa shape index (κ1) is 16.3. The van der Waals surface area contributed by atoms with E-state index in [0.29, 0.717) is 18.7 Å². The van der Waals surface area contributed by atoms with Crippen molar-refractivity contribution >= 4 is 5.91 Å². The molecule has 0 bridgehead atoms. The summed E-state index contributed by atoms with van der Waals surface area (Å²) >= 11 is 0. The molecule has 112 valence electrons. The fraction of sp³-hybridized carbons (Fsp3) is 0.533. The van der Waals surface area contributed by atoms with E-state index in [0.717, 1.165) is 11.3 Å². The molecule has 1 rings (SSSR count). The van der Waals surface area contributed by atoms with Gasteiger partial charge in [0.25, 0.3) is 5.91 Å². The van der Waals surface area contributed by atoms with Crippen LogP contribution in [0.5, 0.6) is 11.5 Å². The fourth-order valence-electron chi connectivity index (χ4n) is 1.70. The Labute approximate surface area is 120 Å². The Morgan fingerprint density at radius 1 is 1.40 bits per heavy atom. The van der Waals surface area contributed by atoms with Crippen LogP contribution in [0.15, 0.2) is 18.2 Å². The summed E-state index contributed by atoms with van der Waals surface area (Å²) in [7, 11) is 3.38. The zero-order valence-corrected chi connectivity index (χ0v) is 12.7. The molecule has 0 heterocycles. The monoisotopic (exact) mass is 280 g/mol. The van der Waals surface area contributed by atoms with Gasteiger partial charge in [0.15, 0.2) is 6.61 Å². The van der Waals surface area contributed by atoms with E-state index in [1.54, 1.807) is 19.1 Å². The van der Waals surface area contributed by atoms with E-state index in [9.17, 15) is 4.79 Å². The van der Waals surface area contributed by atoms with E-state index < -0.39 is 0 Å². The van der Waals surface area contributed by atoms with E-state index >= 15 is 0 Å². The van der Waals surface area contributed by atoms with Crippen LogP contribution in [0.4, 0.5) is 0 Å². The van der Waals surface area contributed by atoms with Gasteiger partial charge in [-0.1, -0.05) is 0 Å². The Bertz CT molecular complexity index is 447. The molecule has 0 spiro atoms. The van der Waals surface area contributed by atoms with Crippen molar-refractivity contribution in [2.75, 3.05) is 27.3 Å². The third kappa shape index (κ3) is 4.42. The molecule has 0 aliphatic rings. The molecule has 0 fully saturated rings. The summed E-state index contributed by atoms with van der Waals surface area (Å²) in [5, 5.41) is 0. The highest BCUT2D eigenvalue weighted by Gasteiger charge is 2.13. The zero-order valence-electron chi connectivity index (χ0n) is 12.7. The third-order valence-electron chi connectivity index (χ3n) is 3.20. The highest BCUT2D eigenvalue weighted by Crippen LogP contribution is 2.24. The van der Waals surface area contributed by atoms with Crippen LogP contribution in [0.1, 0.15) is 19.4 Å². The molecule has 0 unspecified atom stereocenters. The van der Waals surface area contributed by atoms with Crippen LogP contribution in [0, 0.1) is 0 Å². The Hall–Kier alpha value is -1.75. The molecule has 0 saturated heterocycles. The summed E-state index contributed by atoms with van der Waals surface area (Å²) in [4.78, 5) is 13.6. The van der Waals surface area contributed by atoms with Crippen molar-refractivity contribution in [3.05, 3.63) is 23.8 Å². The van der Waals surface area contributed by atoms with Crippen molar-refractivity contribution in [2.24, 2.45) is 5.73 Å². The van der Waals surface area contributed by atoms with Crippen LogP contribution in [0.3, 0.4) is 0 Å². The maximum atomic E-state index is 11.9. The fourth-order valence-corrected chi connectivity index (χ4v) is 1.70. The minimum Gasteiger partial charge on any atom is -0.497 e. The van der Waals surface area contributed by atoms with Gasteiger partial charge in [0, 0.05) is 13.1 Å². The van der Waals surface area contributed by atoms with Gasteiger partial charge in [0.1, 0.15) is 11.5 Å². The lowest BCUT2D eigenvalue weighted by Gasteiger charge is -2.22. The summed E-state index contributed by atoms with van der Waals surface area (Å²) in [6, 6.07) is 5.67. The lowest BCUT2D eigenvalue weighted by molar-refractivity contribution is -0.133. The number of amides is 1. The smallest absolute Gasteiger partial charge is 0.260 e. The van der Waals surface area contributed by atoms with E-state index in [1.165, 1.54) is 0 Å². The van der Waals surface area contributed by atoms with Gasteiger partial charge in [-0.15, -0.1) is 0 Å². The van der Waals surface area contributed by atoms with Crippen LogP contribution >= 0.6 is 0 Å². The lowest BCUT2D eigenvalue weighted by atomic mass is 10.1. The largest absolute Gasteiger partial charge is 0.497 e. The van der Waals surface area contributed by atoms with Crippen molar-refractivity contribution in [3.63, 3.8) is 0 Å². The Morgan fingerprint density at radius 3 is 2.65 bits per heavy atom. The predicted octanol–water partition coefficient (Wildman–Crippen LogP) is 1.44. The van der Waals surface area contributed by atoms with Gasteiger partial charge in [-0.25, -0.2) is 0 Å². The molecular weight excluding hydrogens is 256 g/mol. The van der Waals surface area contributed by atoms with Gasteiger partial charge in [-0.05, 0) is 50.6 Å². The first-order valence-electron chi connectivity index (χ1n) is 6.75. The molecular formula is C15H24N2O3. The molecule has 0 radical (unpaired) electrons. The number of carbonyl (C=O) groups is 1. The number of hydrogen-bond acceptors (Lipinski definition) is 4. The molecule has 0 saturated carbocycles. The molecule has 0 aliphatic heterocycles. The first-order chi connectivity index (χ1) is 9.49. The number of benzene rings is 1. The summed E-state index contributed by atoms with van der Waals surface area (Å²) in [5.74, 6) is 1.39. The normalized spacial score (nSPS) is 10.5. The average molecular weight is 280 g/mol. The highest BCUT2D eigenvalue weighted by molar-refractivity contribution is 5.77. The minimum absolute atomic E-state index is 0.0264. The molecule has 5 nitrogen and oxygen atoms in total. The molecule has 0 atom stereocenters. The minimum atomic E-state index is -0.0467. The SMILES string of the molecule is COc1ccc(OCC(=O)N(C)C(C)C)c(CCN)c1. The van der Waals surface area contributed by atoms with Gasteiger partial charge in [0.05, 0.1) is 7.11 Å². The van der Waals surface area contributed by atoms with Crippen LogP contribution in [0.25, 0.3) is 0 Å². The highest BCUT2D eigenvalue weighted by atomic mass is 16.5. The number of likely N-dealkylation sites (N-methyl/N-ethyl adjacent to an activating group) is 1. The van der Waals surface area contributed by atoms with Crippen molar-refractivity contribution < 1.29 is 14.3 Å². The molecule has 2 N–H and O–H groups in total. The molecule has 0 aromatic heterocycles. The second-order valence-corrected chi connectivity index (χ2v) is 4.90. The van der Waals surface area contributed by atoms with Crippen molar-refractivity contribution in [2.45, 2.75) is 26.3 Å². The number of hydrogen-bond donors (Lipinski definition) is 1. The standard InChI is InChI=1S/C15H24N2O3/c1-11(2)17(3)15(18)10-20-14-6-5-13(19-4)9-12(14)7-8-16/h5-6,9,11H,7-8,10,16H2,1-4H3. The van der Waals surface area contributed by atoms with Crippen molar-refractivity contribution in [1.82, 2.24) is 4.90 Å². The van der Waals surface area contributed by atoms with E-state index in [-0.39, 0.29) is 18.6 Å². The van der Waals surface area contributed by atoms with Gasteiger partial charge in [0.2, 0.25) is 0 Å². The van der Waals surface area contributed by atoms with Crippen LogP contribution in [0.2, 0.25) is 0 Å². The summed E-state index contributed by atoms with van der Waals surface area (Å²) in [5.41, 5.74) is 6.54. The molecule has 1 amide bonds.